The standard InChI is InChI=1S/C17H14ClN3O.ClH/c1-22-13-4-5-14-15(9-13)19-10-20-17(14)21-7-6-11-2-3-12(18)8-16(11)21;/h2-5,8-10H,6-7H2,1H3;1H. The van der Waals surface area contributed by atoms with E-state index in [0.29, 0.717) is 0 Å². The zero-order chi connectivity index (χ0) is 15.1. The second-order valence-electron chi connectivity index (χ2n) is 5.26. The quantitative estimate of drug-likeness (QED) is 0.688. The summed E-state index contributed by atoms with van der Waals surface area (Å²) in [6, 6.07) is 11.9. The number of nitrogens with zero attached hydrogens (tertiary/aromatic N) is 3. The molecule has 23 heavy (non-hydrogen) atoms. The van der Waals surface area contributed by atoms with Crippen molar-refractivity contribution >= 4 is 46.4 Å². The Morgan fingerprint density at radius 1 is 1.13 bits per heavy atom. The van der Waals surface area contributed by atoms with Crippen molar-refractivity contribution in [3.8, 4) is 5.75 Å². The van der Waals surface area contributed by atoms with Gasteiger partial charge in [-0.1, -0.05) is 17.7 Å². The molecule has 0 unspecified atom stereocenters. The number of fused-ring (bicyclic) bond motifs is 2. The maximum Gasteiger partial charge on any atom is 0.144 e. The van der Waals surface area contributed by atoms with Gasteiger partial charge >= 0.3 is 0 Å². The van der Waals surface area contributed by atoms with Gasteiger partial charge in [0.05, 0.1) is 12.6 Å². The van der Waals surface area contributed by atoms with E-state index in [1.807, 2.05) is 30.3 Å². The molecule has 0 N–H and O–H groups in total. The summed E-state index contributed by atoms with van der Waals surface area (Å²) in [5.74, 6) is 1.70. The molecule has 0 spiro atoms. The lowest BCUT2D eigenvalue weighted by Crippen LogP contribution is -2.15. The SMILES string of the molecule is COc1ccc2c(N3CCc4ccc(Cl)cc43)ncnc2c1.Cl. The van der Waals surface area contributed by atoms with E-state index < -0.39 is 0 Å². The molecule has 4 rings (SSSR count). The van der Waals surface area contributed by atoms with Crippen molar-refractivity contribution in [2.45, 2.75) is 6.42 Å². The molecule has 6 heteroatoms. The second-order valence-corrected chi connectivity index (χ2v) is 5.69. The summed E-state index contributed by atoms with van der Waals surface area (Å²) in [5, 5.41) is 1.75. The van der Waals surface area contributed by atoms with Crippen LogP contribution in [0.1, 0.15) is 5.56 Å². The van der Waals surface area contributed by atoms with Crippen LogP contribution in [0.15, 0.2) is 42.7 Å². The van der Waals surface area contributed by atoms with Crippen LogP contribution in [-0.4, -0.2) is 23.6 Å². The topological polar surface area (TPSA) is 38.2 Å². The summed E-state index contributed by atoms with van der Waals surface area (Å²) < 4.78 is 5.27. The van der Waals surface area contributed by atoms with Crippen LogP contribution in [0.2, 0.25) is 5.02 Å². The molecule has 0 saturated heterocycles. The smallest absolute Gasteiger partial charge is 0.144 e. The van der Waals surface area contributed by atoms with Gasteiger partial charge in [0.1, 0.15) is 17.9 Å². The second kappa shape index (κ2) is 6.22. The van der Waals surface area contributed by atoms with Gasteiger partial charge in [0.25, 0.3) is 0 Å². The molecule has 0 saturated carbocycles. The Morgan fingerprint density at radius 3 is 2.83 bits per heavy atom. The van der Waals surface area contributed by atoms with E-state index in [-0.39, 0.29) is 12.4 Å². The third-order valence-corrected chi connectivity index (χ3v) is 4.26. The van der Waals surface area contributed by atoms with Gasteiger partial charge < -0.3 is 9.64 Å². The van der Waals surface area contributed by atoms with Crippen LogP contribution in [0.25, 0.3) is 10.9 Å². The van der Waals surface area contributed by atoms with Crippen LogP contribution in [0, 0.1) is 0 Å². The number of anilines is 2. The van der Waals surface area contributed by atoms with Crippen LogP contribution in [-0.2, 0) is 6.42 Å². The molecule has 1 aliphatic rings. The van der Waals surface area contributed by atoms with Crippen molar-refractivity contribution in [1.82, 2.24) is 9.97 Å². The Kier molecular flexibility index (Phi) is 4.28. The molecule has 2 heterocycles. The molecule has 0 amide bonds. The summed E-state index contributed by atoms with van der Waals surface area (Å²) in [7, 11) is 1.65. The van der Waals surface area contributed by atoms with E-state index in [1.165, 1.54) is 5.56 Å². The van der Waals surface area contributed by atoms with Gasteiger partial charge in [0, 0.05) is 28.7 Å². The van der Waals surface area contributed by atoms with E-state index >= 15 is 0 Å². The van der Waals surface area contributed by atoms with Gasteiger partial charge in [-0.05, 0) is 36.2 Å². The van der Waals surface area contributed by atoms with E-state index in [9.17, 15) is 0 Å². The van der Waals surface area contributed by atoms with Crippen molar-refractivity contribution in [3.63, 3.8) is 0 Å². The Morgan fingerprint density at radius 2 is 2.00 bits per heavy atom. The summed E-state index contributed by atoms with van der Waals surface area (Å²) in [4.78, 5) is 11.1. The molecule has 4 nitrogen and oxygen atoms in total. The van der Waals surface area contributed by atoms with Crippen molar-refractivity contribution in [1.29, 1.82) is 0 Å². The fourth-order valence-electron chi connectivity index (χ4n) is 2.94. The number of hydrogen-bond acceptors (Lipinski definition) is 4. The highest BCUT2D eigenvalue weighted by molar-refractivity contribution is 6.31. The highest BCUT2D eigenvalue weighted by Crippen LogP contribution is 2.38. The Bertz CT molecular complexity index is 870. The first-order chi connectivity index (χ1) is 10.8. The normalized spacial score (nSPS) is 12.9. The minimum absolute atomic E-state index is 0. The molecule has 118 valence electrons. The van der Waals surface area contributed by atoms with Gasteiger partial charge in [-0.25, -0.2) is 9.97 Å². The maximum absolute atomic E-state index is 6.16. The average Bonchev–Trinajstić information content (AvgIpc) is 2.96. The molecule has 0 radical (unpaired) electrons. The predicted octanol–water partition coefficient (Wildman–Crippen LogP) is 4.41. The molecule has 0 bridgehead atoms. The summed E-state index contributed by atoms with van der Waals surface area (Å²) >= 11 is 6.16. The Labute approximate surface area is 145 Å². The van der Waals surface area contributed by atoms with E-state index in [4.69, 9.17) is 16.3 Å². The summed E-state index contributed by atoms with van der Waals surface area (Å²) in [5.41, 5.74) is 3.30. The minimum atomic E-state index is 0. The lowest BCUT2D eigenvalue weighted by Gasteiger charge is -2.20. The highest BCUT2D eigenvalue weighted by atomic mass is 35.5. The van der Waals surface area contributed by atoms with Gasteiger partial charge in [-0.15, -0.1) is 12.4 Å². The van der Waals surface area contributed by atoms with Crippen LogP contribution in [0.5, 0.6) is 5.75 Å². The third-order valence-electron chi connectivity index (χ3n) is 4.02. The monoisotopic (exact) mass is 347 g/mol. The first-order valence-corrected chi connectivity index (χ1v) is 7.49. The predicted molar refractivity (Wildman–Crippen MR) is 95.5 cm³/mol. The zero-order valence-corrected chi connectivity index (χ0v) is 14.1. The van der Waals surface area contributed by atoms with Gasteiger partial charge in [0.2, 0.25) is 0 Å². The molecule has 1 aliphatic heterocycles. The molecule has 0 fully saturated rings. The fraction of sp³-hybridized carbons (Fsp3) is 0.176. The number of rotatable bonds is 2. The molecule has 3 aromatic rings. The van der Waals surface area contributed by atoms with Crippen LogP contribution in [0.4, 0.5) is 11.5 Å². The van der Waals surface area contributed by atoms with Gasteiger partial charge in [0.15, 0.2) is 0 Å². The average molecular weight is 348 g/mol. The van der Waals surface area contributed by atoms with Crippen LogP contribution < -0.4 is 9.64 Å². The van der Waals surface area contributed by atoms with E-state index in [2.05, 4.69) is 20.9 Å². The van der Waals surface area contributed by atoms with Crippen molar-refractivity contribution in [2.24, 2.45) is 0 Å². The Balaban J connectivity index is 0.00000156. The summed E-state index contributed by atoms with van der Waals surface area (Å²) in [6.07, 6.45) is 2.59. The number of ether oxygens (including phenoxy) is 1. The number of benzene rings is 2. The van der Waals surface area contributed by atoms with Crippen molar-refractivity contribution in [2.75, 3.05) is 18.6 Å². The molecular formula is C17H15Cl2N3O. The minimum Gasteiger partial charge on any atom is -0.497 e. The zero-order valence-electron chi connectivity index (χ0n) is 12.5. The molecular weight excluding hydrogens is 333 g/mol. The molecule has 0 atom stereocenters. The van der Waals surface area contributed by atoms with Crippen LogP contribution >= 0.6 is 24.0 Å². The molecule has 1 aromatic heterocycles. The first-order valence-electron chi connectivity index (χ1n) is 7.11. The third kappa shape index (κ3) is 2.69. The highest BCUT2D eigenvalue weighted by Gasteiger charge is 2.23. The van der Waals surface area contributed by atoms with Crippen molar-refractivity contribution < 1.29 is 4.74 Å². The number of methoxy groups -OCH3 is 1. The molecule has 2 aromatic carbocycles. The lowest BCUT2D eigenvalue weighted by molar-refractivity contribution is 0.415. The maximum atomic E-state index is 6.16. The lowest BCUT2D eigenvalue weighted by atomic mass is 10.1. The number of aromatic nitrogens is 2. The van der Waals surface area contributed by atoms with Crippen molar-refractivity contribution in [3.05, 3.63) is 53.3 Å². The Hall–Kier alpha value is -2.04. The number of halogens is 2. The summed E-state index contributed by atoms with van der Waals surface area (Å²) in [6.45, 7) is 0.897. The van der Waals surface area contributed by atoms with E-state index in [1.54, 1.807) is 13.4 Å². The van der Waals surface area contributed by atoms with Gasteiger partial charge in [-0.3, -0.25) is 0 Å². The van der Waals surface area contributed by atoms with Gasteiger partial charge in [-0.2, -0.15) is 0 Å². The number of hydrogen-bond donors (Lipinski definition) is 0. The van der Waals surface area contributed by atoms with Crippen LogP contribution in [0.3, 0.4) is 0 Å². The largest absolute Gasteiger partial charge is 0.497 e. The first kappa shape index (κ1) is 15.8. The fourth-order valence-corrected chi connectivity index (χ4v) is 3.10. The molecule has 0 aliphatic carbocycles. The van der Waals surface area contributed by atoms with E-state index in [0.717, 1.165) is 46.1 Å².